The van der Waals surface area contributed by atoms with E-state index in [4.69, 9.17) is 15.5 Å². The van der Waals surface area contributed by atoms with Gasteiger partial charge in [-0.05, 0) is 48.6 Å². The summed E-state index contributed by atoms with van der Waals surface area (Å²) in [5.41, 5.74) is 10.6. The molecule has 0 saturated heterocycles. The van der Waals surface area contributed by atoms with E-state index in [0.29, 0.717) is 42.1 Å². The van der Waals surface area contributed by atoms with Crippen LogP contribution in [0.4, 0.5) is 0 Å². The van der Waals surface area contributed by atoms with Gasteiger partial charge in [-0.25, -0.2) is 4.98 Å². The smallest absolute Gasteiger partial charge is 0.277 e. The average Bonchev–Trinajstić information content (AvgIpc) is 3.12. The van der Waals surface area contributed by atoms with Crippen LogP contribution in [0.25, 0.3) is 22.4 Å². The Balaban J connectivity index is 1.74. The average molecular weight is 446 g/mol. The van der Waals surface area contributed by atoms with Gasteiger partial charge in [0, 0.05) is 7.05 Å². The maximum Gasteiger partial charge on any atom is 0.277 e. The Bertz CT molecular complexity index is 1370. The molecule has 0 saturated carbocycles. The third-order valence-corrected chi connectivity index (χ3v) is 5.51. The van der Waals surface area contributed by atoms with Gasteiger partial charge in [0.05, 0.1) is 24.3 Å². The van der Waals surface area contributed by atoms with Gasteiger partial charge in [-0.2, -0.15) is 5.10 Å². The van der Waals surface area contributed by atoms with Crippen molar-refractivity contribution in [3.8, 4) is 17.1 Å². The van der Waals surface area contributed by atoms with E-state index >= 15 is 0 Å². The molecular weight excluding hydrogens is 418 g/mol. The van der Waals surface area contributed by atoms with Crippen LogP contribution >= 0.6 is 0 Å². The highest BCUT2D eigenvalue weighted by Crippen LogP contribution is 2.30. The molecule has 0 bridgehead atoms. The topological polar surface area (TPSA) is 116 Å². The van der Waals surface area contributed by atoms with Crippen molar-refractivity contribution in [3.63, 3.8) is 0 Å². The van der Waals surface area contributed by atoms with Crippen molar-refractivity contribution in [1.29, 1.82) is 0 Å². The van der Waals surface area contributed by atoms with Gasteiger partial charge in [0.15, 0.2) is 5.52 Å². The zero-order valence-electron chi connectivity index (χ0n) is 19.0. The number of primary amides is 1. The van der Waals surface area contributed by atoms with Gasteiger partial charge in [-0.15, -0.1) is 0 Å². The number of amides is 1. The summed E-state index contributed by atoms with van der Waals surface area (Å²) in [5.74, 6) is 0.761. The molecule has 8 nitrogen and oxygen atoms in total. The van der Waals surface area contributed by atoms with Crippen molar-refractivity contribution >= 4 is 16.9 Å². The van der Waals surface area contributed by atoms with E-state index in [9.17, 15) is 9.59 Å². The minimum Gasteiger partial charge on any atom is -0.493 e. The molecule has 170 valence electrons. The van der Waals surface area contributed by atoms with E-state index in [-0.39, 0.29) is 17.9 Å². The zero-order valence-corrected chi connectivity index (χ0v) is 19.0. The van der Waals surface area contributed by atoms with Crippen LogP contribution in [-0.2, 0) is 31.1 Å². The predicted molar refractivity (Wildman–Crippen MR) is 127 cm³/mol. The van der Waals surface area contributed by atoms with Crippen molar-refractivity contribution in [2.75, 3.05) is 6.61 Å². The van der Waals surface area contributed by atoms with Crippen molar-refractivity contribution in [2.24, 2.45) is 12.8 Å². The molecule has 2 heterocycles. The Morgan fingerprint density at radius 1 is 1.09 bits per heavy atom. The van der Waals surface area contributed by atoms with Crippen molar-refractivity contribution in [3.05, 3.63) is 75.2 Å². The van der Waals surface area contributed by atoms with Gasteiger partial charge >= 0.3 is 0 Å². The first-order valence-electron chi connectivity index (χ1n) is 11.0. The summed E-state index contributed by atoms with van der Waals surface area (Å²) in [5, 5.41) is 4.43. The zero-order chi connectivity index (χ0) is 23.5. The summed E-state index contributed by atoms with van der Waals surface area (Å²) in [7, 11) is 1.75. The number of carbonyl (C=O) groups excluding carboxylic acids is 1. The third-order valence-electron chi connectivity index (χ3n) is 5.51. The lowest BCUT2D eigenvalue weighted by Crippen LogP contribution is -2.13. The maximum atomic E-state index is 12.8. The summed E-state index contributed by atoms with van der Waals surface area (Å²) in [6.07, 6.45) is 1.58. The molecule has 2 aromatic heterocycles. The fourth-order valence-corrected chi connectivity index (χ4v) is 3.98. The molecule has 0 unspecified atom stereocenters. The first kappa shape index (κ1) is 22.3. The predicted octanol–water partition coefficient (Wildman–Crippen LogP) is 2.90. The van der Waals surface area contributed by atoms with Crippen LogP contribution in [0.5, 0.6) is 5.75 Å². The van der Waals surface area contributed by atoms with E-state index in [1.165, 1.54) is 0 Å². The van der Waals surface area contributed by atoms with E-state index in [2.05, 4.69) is 10.1 Å². The number of H-pyrrole nitrogens is 1. The van der Waals surface area contributed by atoms with Crippen LogP contribution < -0.4 is 16.0 Å². The van der Waals surface area contributed by atoms with Crippen LogP contribution in [0, 0.1) is 0 Å². The third kappa shape index (κ3) is 4.64. The number of benzene rings is 2. The Morgan fingerprint density at radius 2 is 1.79 bits per heavy atom. The highest BCUT2D eigenvalue weighted by molar-refractivity contribution is 5.80. The van der Waals surface area contributed by atoms with Gasteiger partial charge in [0.2, 0.25) is 5.91 Å². The molecule has 3 N–H and O–H groups in total. The van der Waals surface area contributed by atoms with Crippen LogP contribution in [0.2, 0.25) is 0 Å². The highest BCUT2D eigenvalue weighted by atomic mass is 16.5. The lowest BCUT2D eigenvalue weighted by Gasteiger charge is -2.12. The summed E-state index contributed by atoms with van der Waals surface area (Å²) in [6, 6.07) is 13.7. The number of nitrogens with one attached hydrogen (secondary N) is 1. The van der Waals surface area contributed by atoms with Gasteiger partial charge in [-0.1, -0.05) is 37.3 Å². The number of hydrogen-bond donors (Lipinski definition) is 2. The number of aryl methyl sites for hydroxylation is 2. The normalized spacial score (nSPS) is 11.1. The Kier molecular flexibility index (Phi) is 6.26. The second-order valence-corrected chi connectivity index (χ2v) is 7.94. The molecule has 0 atom stereocenters. The molecular formula is C25H27N5O3. The highest BCUT2D eigenvalue weighted by Gasteiger charge is 2.17. The minimum absolute atomic E-state index is 0.225. The number of fused-ring (bicyclic) bond motifs is 1. The Hall–Kier alpha value is -3.94. The molecule has 33 heavy (non-hydrogen) atoms. The number of nitrogens with zero attached hydrogens (tertiary/aromatic N) is 3. The molecule has 0 spiro atoms. The number of aromatic amines is 1. The van der Waals surface area contributed by atoms with E-state index in [1.807, 2.05) is 56.3 Å². The van der Waals surface area contributed by atoms with Crippen LogP contribution in [0.15, 0.2) is 47.3 Å². The maximum absolute atomic E-state index is 12.8. The molecule has 0 aliphatic heterocycles. The number of hydrogen-bond acceptors (Lipinski definition) is 5. The largest absolute Gasteiger partial charge is 0.493 e. The van der Waals surface area contributed by atoms with E-state index < -0.39 is 0 Å². The first-order chi connectivity index (χ1) is 15.9. The molecule has 0 radical (unpaired) electrons. The van der Waals surface area contributed by atoms with Gasteiger partial charge < -0.3 is 15.5 Å². The van der Waals surface area contributed by atoms with Gasteiger partial charge in [0.25, 0.3) is 5.56 Å². The van der Waals surface area contributed by atoms with Crippen LogP contribution in [-0.4, -0.2) is 32.3 Å². The number of rotatable bonds is 8. The summed E-state index contributed by atoms with van der Waals surface area (Å²) in [4.78, 5) is 31.6. The minimum atomic E-state index is -0.350. The molecule has 4 aromatic rings. The molecule has 0 aliphatic carbocycles. The molecule has 4 rings (SSSR count). The van der Waals surface area contributed by atoms with Crippen molar-refractivity contribution in [1.82, 2.24) is 19.7 Å². The Labute approximate surface area is 191 Å². The summed E-state index contributed by atoms with van der Waals surface area (Å²) < 4.78 is 7.41. The van der Waals surface area contributed by atoms with Gasteiger partial charge in [0.1, 0.15) is 17.1 Å². The molecule has 8 heteroatoms. The quantitative estimate of drug-likeness (QED) is 0.433. The summed E-state index contributed by atoms with van der Waals surface area (Å²) >= 11 is 0. The SMILES string of the molecule is CCOc1ccc(Cc2ccc(CC(N)=O)cc2)cc1-c1nc2c(CC)nn(C)c2c(=O)[nH]1. The molecule has 0 aliphatic rings. The fourth-order valence-electron chi connectivity index (χ4n) is 3.98. The van der Waals surface area contributed by atoms with Crippen LogP contribution in [0.3, 0.4) is 0 Å². The fraction of sp³-hybridized carbons (Fsp3) is 0.280. The molecule has 2 aromatic carbocycles. The van der Waals surface area contributed by atoms with Crippen molar-refractivity contribution in [2.45, 2.75) is 33.1 Å². The lowest BCUT2D eigenvalue weighted by atomic mass is 10.00. The molecule has 1 amide bonds. The van der Waals surface area contributed by atoms with E-state index in [1.54, 1.807) is 11.7 Å². The Morgan fingerprint density at radius 3 is 2.45 bits per heavy atom. The number of aromatic nitrogens is 4. The number of carbonyl (C=O) groups is 1. The van der Waals surface area contributed by atoms with E-state index in [0.717, 1.165) is 27.9 Å². The second kappa shape index (κ2) is 9.28. The van der Waals surface area contributed by atoms with Crippen molar-refractivity contribution < 1.29 is 9.53 Å². The first-order valence-corrected chi connectivity index (χ1v) is 11.0. The summed E-state index contributed by atoms with van der Waals surface area (Å²) in [6.45, 7) is 4.40. The van der Waals surface area contributed by atoms with Crippen LogP contribution in [0.1, 0.15) is 36.2 Å². The lowest BCUT2D eigenvalue weighted by molar-refractivity contribution is -0.117. The molecule has 0 fully saturated rings. The van der Waals surface area contributed by atoms with Gasteiger partial charge in [-0.3, -0.25) is 14.3 Å². The second-order valence-electron chi connectivity index (χ2n) is 7.94. The number of nitrogens with two attached hydrogens (primary N) is 1. The monoisotopic (exact) mass is 445 g/mol. The number of ether oxygens (including phenoxy) is 1. The standard InChI is InChI=1S/C25H27N5O3/c1-4-19-22-23(30(3)29-19)25(32)28-24(27-22)18-13-17(10-11-20(18)33-5-2)12-15-6-8-16(9-7-15)14-21(26)31/h6-11,13H,4-5,12,14H2,1-3H3,(H2,26,31)(H,27,28,32).